The highest BCUT2D eigenvalue weighted by Gasteiger charge is 2.34. The Labute approximate surface area is 144 Å². The lowest BCUT2D eigenvalue weighted by atomic mass is 10.0. The van der Waals surface area contributed by atoms with Gasteiger partial charge in [-0.3, -0.25) is 0 Å². The van der Waals surface area contributed by atoms with Crippen LogP contribution in [-0.4, -0.2) is 47.5 Å². The molecule has 4 rings (SSSR count). The summed E-state index contributed by atoms with van der Waals surface area (Å²) in [5.41, 5.74) is 0. The zero-order valence-electron chi connectivity index (χ0n) is 14.5. The number of urea groups is 1. The summed E-state index contributed by atoms with van der Waals surface area (Å²) in [6, 6.07) is 5.29. The van der Waals surface area contributed by atoms with Gasteiger partial charge in [-0.15, -0.1) is 0 Å². The Hall–Kier alpha value is -1.49. The van der Waals surface area contributed by atoms with Gasteiger partial charge in [0.25, 0.3) is 0 Å². The molecule has 3 aliphatic rings. The lowest BCUT2D eigenvalue weighted by Crippen LogP contribution is -2.50. The van der Waals surface area contributed by atoms with Gasteiger partial charge in [0.05, 0.1) is 12.3 Å². The van der Waals surface area contributed by atoms with Gasteiger partial charge in [0.15, 0.2) is 0 Å². The molecule has 0 bridgehead atoms. The van der Waals surface area contributed by atoms with E-state index in [9.17, 15) is 4.79 Å². The number of amides is 2. The highest BCUT2D eigenvalue weighted by atomic mass is 16.3. The minimum Gasteiger partial charge on any atom is -0.467 e. The molecule has 2 amide bonds. The van der Waals surface area contributed by atoms with Crippen molar-refractivity contribution in [2.24, 2.45) is 0 Å². The summed E-state index contributed by atoms with van der Waals surface area (Å²) in [5.74, 6) is 0.926. The Balaban J connectivity index is 1.36. The number of piperidine rings is 1. The normalized spacial score (nSPS) is 27.0. The number of hydrogen-bond donors (Lipinski definition) is 1. The van der Waals surface area contributed by atoms with Crippen LogP contribution in [0.15, 0.2) is 22.8 Å². The van der Waals surface area contributed by atoms with Gasteiger partial charge in [-0.05, 0) is 50.7 Å². The summed E-state index contributed by atoms with van der Waals surface area (Å²) in [6.07, 6.45) is 11.1. The van der Waals surface area contributed by atoms with E-state index in [-0.39, 0.29) is 12.1 Å². The number of carbonyl (C=O) groups is 1. The zero-order valence-corrected chi connectivity index (χ0v) is 14.5. The van der Waals surface area contributed by atoms with Gasteiger partial charge < -0.3 is 19.5 Å². The Morgan fingerprint density at radius 1 is 1.04 bits per heavy atom. The maximum absolute atomic E-state index is 12.9. The summed E-state index contributed by atoms with van der Waals surface area (Å²) in [7, 11) is 0. The number of carbonyl (C=O) groups excluding carboxylic acids is 1. The lowest BCUT2D eigenvalue weighted by Gasteiger charge is -2.35. The molecule has 1 aromatic rings. The molecule has 24 heavy (non-hydrogen) atoms. The maximum atomic E-state index is 12.9. The fraction of sp³-hybridized carbons (Fsp3) is 0.737. The first-order chi connectivity index (χ1) is 11.8. The van der Waals surface area contributed by atoms with Crippen molar-refractivity contribution in [3.05, 3.63) is 24.2 Å². The van der Waals surface area contributed by atoms with E-state index in [1.54, 1.807) is 6.26 Å². The molecule has 3 fully saturated rings. The Kier molecular flexibility index (Phi) is 4.79. The zero-order chi connectivity index (χ0) is 16.4. The van der Waals surface area contributed by atoms with Gasteiger partial charge in [-0.1, -0.05) is 12.8 Å². The highest BCUT2D eigenvalue weighted by molar-refractivity contribution is 5.75. The summed E-state index contributed by atoms with van der Waals surface area (Å²) in [4.78, 5) is 17.5. The SMILES string of the molecule is O=C(NC1CCN(C2CC2)CC1)N1CCCCCC1c1ccco1. The van der Waals surface area contributed by atoms with Crippen molar-refractivity contribution < 1.29 is 9.21 Å². The van der Waals surface area contributed by atoms with Crippen LogP contribution in [0.4, 0.5) is 4.79 Å². The van der Waals surface area contributed by atoms with Crippen molar-refractivity contribution in [2.75, 3.05) is 19.6 Å². The largest absolute Gasteiger partial charge is 0.467 e. The van der Waals surface area contributed by atoms with E-state index < -0.39 is 0 Å². The van der Waals surface area contributed by atoms with E-state index in [0.29, 0.717) is 6.04 Å². The van der Waals surface area contributed by atoms with E-state index in [2.05, 4.69) is 10.2 Å². The van der Waals surface area contributed by atoms with Gasteiger partial charge in [0, 0.05) is 31.7 Å². The summed E-state index contributed by atoms with van der Waals surface area (Å²) in [6.45, 7) is 3.10. The van der Waals surface area contributed by atoms with Gasteiger partial charge in [0.2, 0.25) is 0 Å². The molecule has 3 heterocycles. The second-order valence-electron chi connectivity index (χ2n) is 7.56. The number of nitrogens with one attached hydrogen (secondary N) is 1. The van der Waals surface area contributed by atoms with Crippen molar-refractivity contribution in [3.8, 4) is 0 Å². The first kappa shape index (κ1) is 16.0. The van der Waals surface area contributed by atoms with E-state index in [4.69, 9.17) is 4.42 Å². The van der Waals surface area contributed by atoms with Crippen molar-refractivity contribution >= 4 is 6.03 Å². The Morgan fingerprint density at radius 3 is 2.58 bits per heavy atom. The van der Waals surface area contributed by atoms with Crippen LogP contribution in [0, 0.1) is 0 Å². The van der Waals surface area contributed by atoms with E-state index in [0.717, 1.165) is 63.5 Å². The number of nitrogens with zero attached hydrogens (tertiary/aromatic N) is 2. The Morgan fingerprint density at radius 2 is 1.88 bits per heavy atom. The van der Waals surface area contributed by atoms with Crippen molar-refractivity contribution in [1.82, 2.24) is 15.1 Å². The topological polar surface area (TPSA) is 48.7 Å². The number of furan rings is 1. The quantitative estimate of drug-likeness (QED) is 0.922. The average molecular weight is 331 g/mol. The van der Waals surface area contributed by atoms with Crippen LogP contribution >= 0.6 is 0 Å². The fourth-order valence-corrected chi connectivity index (χ4v) is 4.23. The molecule has 1 saturated carbocycles. The van der Waals surface area contributed by atoms with Gasteiger partial charge >= 0.3 is 6.03 Å². The molecule has 1 atom stereocenters. The molecule has 2 aliphatic heterocycles. The molecule has 1 unspecified atom stereocenters. The predicted octanol–water partition coefficient (Wildman–Crippen LogP) is 3.53. The smallest absolute Gasteiger partial charge is 0.318 e. The molecule has 1 N–H and O–H groups in total. The molecular weight excluding hydrogens is 302 g/mol. The number of rotatable bonds is 3. The molecule has 0 aromatic carbocycles. The average Bonchev–Trinajstić information content (AvgIpc) is 3.36. The summed E-state index contributed by atoms with van der Waals surface area (Å²) in [5, 5.41) is 3.31. The van der Waals surface area contributed by atoms with Gasteiger partial charge in [0.1, 0.15) is 5.76 Å². The third kappa shape index (κ3) is 3.61. The molecule has 5 nitrogen and oxygen atoms in total. The van der Waals surface area contributed by atoms with Crippen molar-refractivity contribution in [3.63, 3.8) is 0 Å². The van der Waals surface area contributed by atoms with Crippen molar-refractivity contribution in [2.45, 2.75) is 69.5 Å². The molecular formula is C19H29N3O2. The van der Waals surface area contributed by atoms with Crippen LogP contribution in [0.25, 0.3) is 0 Å². The third-order valence-electron chi connectivity index (χ3n) is 5.81. The second kappa shape index (κ2) is 7.18. The predicted molar refractivity (Wildman–Crippen MR) is 92.8 cm³/mol. The molecule has 1 aromatic heterocycles. The number of hydrogen-bond acceptors (Lipinski definition) is 3. The van der Waals surface area contributed by atoms with Gasteiger partial charge in [-0.25, -0.2) is 4.79 Å². The molecule has 1 aliphatic carbocycles. The van der Waals surface area contributed by atoms with Crippen LogP contribution in [0.5, 0.6) is 0 Å². The standard InChI is InChI=1S/C19H29N3O2/c23-19(20-15-9-12-21(13-10-15)16-7-8-16)22-11-3-1-2-5-17(22)18-6-4-14-24-18/h4,6,14-17H,1-3,5,7-13H2,(H,20,23). The summed E-state index contributed by atoms with van der Waals surface area (Å²) >= 11 is 0. The molecule has 132 valence electrons. The monoisotopic (exact) mass is 331 g/mol. The summed E-state index contributed by atoms with van der Waals surface area (Å²) < 4.78 is 5.62. The number of likely N-dealkylation sites (tertiary alicyclic amines) is 2. The van der Waals surface area contributed by atoms with Crippen LogP contribution in [0.2, 0.25) is 0 Å². The van der Waals surface area contributed by atoms with Crippen LogP contribution in [0.3, 0.4) is 0 Å². The lowest BCUT2D eigenvalue weighted by molar-refractivity contribution is 0.149. The Bertz CT molecular complexity index is 533. The van der Waals surface area contributed by atoms with Crippen LogP contribution < -0.4 is 5.32 Å². The molecule has 5 heteroatoms. The van der Waals surface area contributed by atoms with E-state index in [1.807, 2.05) is 17.0 Å². The molecule has 2 saturated heterocycles. The first-order valence-corrected chi connectivity index (χ1v) is 9.66. The van der Waals surface area contributed by atoms with E-state index >= 15 is 0 Å². The maximum Gasteiger partial charge on any atom is 0.318 e. The molecule has 0 radical (unpaired) electrons. The fourth-order valence-electron chi connectivity index (χ4n) is 4.23. The minimum atomic E-state index is 0.0917. The van der Waals surface area contributed by atoms with Gasteiger partial charge in [-0.2, -0.15) is 0 Å². The highest BCUT2D eigenvalue weighted by Crippen LogP contribution is 2.31. The third-order valence-corrected chi connectivity index (χ3v) is 5.81. The van der Waals surface area contributed by atoms with Crippen molar-refractivity contribution in [1.29, 1.82) is 0 Å². The van der Waals surface area contributed by atoms with Crippen LogP contribution in [-0.2, 0) is 0 Å². The second-order valence-corrected chi connectivity index (χ2v) is 7.56. The minimum absolute atomic E-state index is 0.0917. The van der Waals surface area contributed by atoms with Crippen LogP contribution in [0.1, 0.15) is 63.2 Å². The first-order valence-electron chi connectivity index (χ1n) is 9.66. The van der Waals surface area contributed by atoms with E-state index in [1.165, 1.54) is 19.3 Å². The molecule has 0 spiro atoms.